The van der Waals surface area contributed by atoms with Crippen molar-refractivity contribution in [3.05, 3.63) is 5.53 Å². The zero-order valence-electron chi connectivity index (χ0n) is 12.9. The van der Waals surface area contributed by atoms with Gasteiger partial charge in [-0.05, 0) is 20.3 Å². The number of rotatable bonds is 11. The number of carbonyl (C=O) groups excluding carboxylic acids is 3. The molecule has 0 aromatic carbocycles. The van der Waals surface area contributed by atoms with Gasteiger partial charge in [0.05, 0.1) is 0 Å². The Morgan fingerprint density at radius 2 is 2.05 bits per heavy atom. The van der Waals surface area contributed by atoms with E-state index in [1.165, 1.54) is 14.0 Å². The third-order valence-corrected chi connectivity index (χ3v) is 2.69. The first-order chi connectivity index (χ1) is 10.5. The molecule has 0 aromatic rings. The predicted molar refractivity (Wildman–Crippen MR) is 74.9 cm³/mol. The summed E-state index contributed by atoms with van der Waals surface area (Å²) in [6, 6.07) is -1.03. The number of ether oxygens (including phenoxy) is 3. The highest BCUT2D eigenvalue weighted by Crippen LogP contribution is 2.03. The summed E-state index contributed by atoms with van der Waals surface area (Å²) in [6.07, 6.45) is -0.128. The Morgan fingerprint density at radius 1 is 1.36 bits per heavy atom. The molecule has 0 spiro atoms. The second kappa shape index (κ2) is 11.6. The van der Waals surface area contributed by atoms with E-state index in [-0.39, 0.29) is 19.6 Å². The minimum absolute atomic E-state index is 0.00200. The first kappa shape index (κ1) is 19.9. The van der Waals surface area contributed by atoms with Gasteiger partial charge in [-0.25, -0.2) is 4.79 Å². The van der Waals surface area contributed by atoms with Crippen LogP contribution in [0.5, 0.6) is 0 Å². The number of methoxy groups -OCH3 is 1. The number of hydrogen-bond acceptors (Lipinski definition) is 6. The maximum Gasteiger partial charge on any atom is 0.330 e. The molecule has 0 fully saturated rings. The molecule has 0 unspecified atom stereocenters. The van der Waals surface area contributed by atoms with Gasteiger partial charge >= 0.3 is 12.2 Å². The van der Waals surface area contributed by atoms with Crippen LogP contribution in [0.4, 0.5) is 0 Å². The van der Waals surface area contributed by atoms with Crippen molar-refractivity contribution < 1.29 is 33.4 Å². The second-order valence-corrected chi connectivity index (χ2v) is 4.26. The van der Waals surface area contributed by atoms with Gasteiger partial charge in [-0.3, -0.25) is 9.59 Å². The first-order valence-corrected chi connectivity index (χ1v) is 6.74. The van der Waals surface area contributed by atoms with Gasteiger partial charge in [0.25, 0.3) is 0 Å². The molecule has 0 aliphatic heterocycles. The quantitative estimate of drug-likeness (QED) is 0.139. The van der Waals surface area contributed by atoms with Crippen LogP contribution < -0.4 is 5.32 Å². The molecule has 2 atom stereocenters. The van der Waals surface area contributed by atoms with Gasteiger partial charge in [0.15, 0.2) is 6.79 Å². The van der Waals surface area contributed by atoms with E-state index >= 15 is 0 Å². The van der Waals surface area contributed by atoms with Crippen LogP contribution in [0.1, 0.15) is 26.7 Å². The van der Waals surface area contributed by atoms with Gasteiger partial charge in [0, 0.05) is 20.1 Å². The van der Waals surface area contributed by atoms with E-state index in [1.807, 2.05) is 0 Å². The molecule has 0 saturated carbocycles. The Balaban J connectivity index is 4.67. The fraction of sp³-hybridized carbons (Fsp3) is 0.692. The summed E-state index contributed by atoms with van der Waals surface area (Å²) in [5, 5.41) is 2.44. The van der Waals surface area contributed by atoms with Crippen molar-refractivity contribution in [2.45, 2.75) is 38.8 Å². The number of esters is 1. The Kier molecular flexibility index (Phi) is 10.5. The average Bonchev–Trinajstić information content (AvgIpc) is 2.50. The molecular weight excluding hydrogens is 294 g/mol. The maximum absolute atomic E-state index is 11.9. The van der Waals surface area contributed by atoms with E-state index in [4.69, 9.17) is 19.7 Å². The zero-order valence-corrected chi connectivity index (χ0v) is 12.9. The summed E-state index contributed by atoms with van der Waals surface area (Å²) in [5.41, 5.74) is 8.26. The van der Waals surface area contributed by atoms with Crippen LogP contribution in [0.15, 0.2) is 0 Å². The normalized spacial score (nSPS) is 12.7. The van der Waals surface area contributed by atoms with E-state index in [1.54, 1.807) is 6.92 Å². The number of hydrogen-bond donors (Lipinski definition) is 1. The SMILES string of the molecule is CCOCOC(=O)[C@H](CCC(=O)C=[N+]=[N-])NC(=O)[C@H](C)OC. The molecule has 0 aliphatic carbocycles. The van der Waals surface area contributed by atoms with E-state index < -0.39 is 29.8 Å². The molecule has 0 bridgehead atoms. The number of amides is 1. The summed E-state index contributed by atoms with van der Waals surface area (Å²) in [4.78, 5) is 37.5. The van der Waals surface area contributed by atoms with Crippen LogP contribution in [-0.4, -0.2) is 61.3 Å². The van der Waals surface area contributed by atoms with Crippen molar-refractivity contribution in [3.63, 3.8) is 0 Å². The molecule has 0 rings (SSSR count). The summed E-state index contributed by atoms with van der Waals surface area (Å²) < 4.78 is 14.6. The summed E-state index contributed by atoms with van der Waals surface area (Å²) >= 11 is 0. The van der Waals surface area contributed by atoms with Gasteiger partial charge in [-0.2, -0.15) is 4.79 Å². The molecule has 0 heterocycles. The Bertz CT molecular complexity index is 433. The van der Waals surface area contributed by atoms with Crippen LogP contribution in [-0.2, 0) is 28.6 Å². The second-order valence-electron chi connectivity index (χ2n) is 4.26. The van der Waals surface area contributed by atoms with Crippen molar-refractivity contribution in [2.75, 3.05) is 20.5 Å². The summed E-state index contributed by atoms with van der Waals surface area (Å²) in [6.45, 7) is 3.38. The summed E-state index contributed by atoms with van der Waals surface area (Å²) in [5.74, 6) is -1.72. The highest BCUT2D eigenvalue weighted by atomic mass is 16.7. The monoisotopic (exact) mass is 315 g/mol. The average molecular weight is 315 g/mol. The topological polar surface area (TPSA) is 127 Å². The number of Topliss-reactive ketones (excluding diaryl/α,β-unsaturated/α-hetero) is 1. The van der Waals surface area contributed by atoms with Crippen LogP contribution in [0, 0.1) is 0 Å². The van der Waals surface area contributed by atoms with Crippen molar-refractivity contribution in [2.24, 2.45) is 0 Å². The van der Waals surface area contributed by atoms with Crippen LogP contribution in [0.2, 0.25) is 0 Å². The predicted octanol–water partition coefficient (Wildman–Crippen LogP) is -0.307. The molecule has 0 saturated heterocycles. The van der Waals surface area contributed by atoms with E-state index in [2.05, 4.69) is 10.1 Å². The number of ketones is 1. The molecule has 22 heavy (non-hydrogen) atoms. The third kappa shape index (κ3) is 8.25. The van der Waals surface area contributed by atoms with Gasteiger partial charge in [0.1, 0.15) is 12.1 Å². The fourth-order valence-corrected chi connectivity index (χ4v) is 1.34. The van der Waals surface area contributed by atoms with Crippen LogP contribution in [0.25, 0.3) is 5.53 Å². The smallest absolute Gasteiger partial charge is 0.330 e. The Labute approximate surface area is 128 Å². The van der Waals surface area contributed by atoms with Gasteiger partial charge in [0.2, 0.25) is 11.7 Å². The van der Waals surface area contributed by atoms with Crippen molar-refractivity contribution >= 4 is 23.9 Å². The zero-order chi connectivity index (χ0) is 17.0. The first-order valence-electron chi connectivity index (χ1n) is 6.74. The minimum atomic E-state index is -1.03. The molecular formula is C13H21N3O6. The van der Waals surface area contributed by atoms with Crippen molar-refractivity contribution in [3.8, 4) is 0 Å². The lowest BCUT2D eigenvalue weighted by Gasteiger charge is -2.18. The Hall–Kier alpha value is -2.09. The van der Waals surface area contributed by atoms with Crippen LogP contribution >= 0.6 is 0 Å². The van der Waals surface area contributed by atoms with E-state index in [9.17, 15) is 14.4 Å². The molecule has 0 aliphatic rings. The van der Waals surface area contributed by atoms with Crippen molar-refractivity contribution in [1.82, 2.24) is 5.32 Å². The highest BCUT2D eigenvalue weighted by Gasteiger charge is 2.25. The van der Waals surface area contributed by atoms with Gasteiger partial charge < -0.3 is 25.1 Å². The Morgan fingerprint density at radius 3 is 2.59 bits per heavy atom. The molecule has 1 N–H and O–H groups in total. The maximum atomic E-state index is 11.9. The van der Waals surface area contributed by atoms with E-state index in [0.29, 0.717) is 6.61 Å². The lowest BCUT2D eigenvalue weighted by atomic mass is 10.1. The molecule has 0 radical (unpaired) electrons. The number of carbonyl (C=O) groups is 3. The molecule has 1 amide bonds. The van der Waals surface area contributed by atoms with Gasteiger partial charge in [-0.15, -0.1) is 0 Å². The lowest BCUT2D eigenvalue weighted by molar-refractivity contribution is -0.160. The molecule has 0 aromatic heterocycles. The molecule has 9 nitrogen and oxygen atoms in total. The standard InChI is InChI=1S/C13H21N3O6/c1-4-21-8-22-13(19)11(6-5-10(17)7-15-14)16-12(18)9(2)20-3/h7,9,11H,4-6,8H2,1-3H3,(H,16,18)/t9-,11-/m0/s1. The minimum Gasteiger partial charge on any atom is -0.437 e. The lowest BCUT2D eigenvalue weighted by Crippen LogP contribution is -2.46. The third-order valence-electron chi connectivity index (χ3n) is 2.69. The molecule has 9 heteroatoms. The number of nitrogens with one attached hydrogen (secondary N) is 1. The number of nitrogens with zero attached hydrogens (tertiary/aromatic N) is 2. The fourth-order valence-electron chi connectivity index (χ4n) is 1.34. The van der Waals surface area contributed by atoms with Gasteiger partial charge in [-0.1, -0.05) is 0 Å². The highest BCUT2D eigenvalue weighted by molar-refractivity contribution is 6.25. The largest absolute Gasteiger partial charge is 0.437 e. The van der Waals surface area contributed by atoms with E-state index in [0.717, 1.165) is 6.21 Å². The van der Waals surface area contributed by atoms with Crippen LogP contribution in [0.3, 0.4) is 0 Å². The molecule has 124 valence electrons. The summed E-state index contributed by atoms with van der Waals surface area (Å²) in [7, 11) is 1.36. The van der Waals surface area contributed by atoms with Crippen molar-refractivity contribution in [1.29, 1.82) is 0 Å².